The minimum atomic E-state index is -0.394. The van der Waals surface area contributed by atoms with Crippen molar-refractivity contribution in [3.8, 4) is 0 Å². The quantitative estimate of drug-likeness (QED) is 0.496. The number of hydrogen-bond donors (Lipinski definition) is 3. The van der Waals surface area contributed by atoms with E-state index in [0.717, 1.165) is 41.5 Å². The number of primary amides is 1. The van der Waals surface area contributed by atoms with E-state index in [1.54, 1.807) is 17.3 Å². The molecule has 0 saturated carbocycles. The second-order valence-corrected chi connectivity index (χ2v) is 8.78. The fourth-order valence-electron chi connectivity index (χ4n) is 4.43. The number of aromatic nitrogens is 3. The zero-order chi connectivity index (χ0) is 24.2. The molecule has 3 aromatic rings. The number of urea groups is 1. The van der Waals surface area contributed by atoms with Crippen molar-refractivity contribution in [1.82, 2.24) is 25.0 Å². The SMILES string of the molecule is CCc1ccc([C@@H](C)NC(=O)c2cnc3c(cnn3CC)c2NC2CCN(C(N)=O)CC2)cc1. The second-order valence-electron chi connectivity index (χ2n) is 8.78. The van der Waals surface area contributed by atoms with Crippen LogP contribution in [0.5, 0.6) is 0 Å². The van der Waals surface area contributed by atoms with Crippen LogP contribution in [-0.2, 0) is 13.0 Å². The summed E-state index contributed by atoms with van der Waals surface area (Å²) < 4.78 is 1.82. The van der Waals surface area contributed by atoms with Gasteiger partial charge in [0.1, 0.15) is 0 Å². The van der Waals surface area contributed by atoms with E-state index in [9.17, 15) is 9.59 Å². The second kappa shape index (κ2) is 10.1. The molecule has 9 heteroatoms. The van der Waals surface area contributed by atoms with E-state index in [1.165, 1.54) is 5.56 Å². The van der Waals surface area contributed by atoms with Crippen LogP contribution >= 0.6 is 0 Å². The summed E-state index contributed by atoms with van der Waals surface area (Å²) in [6, 6.07) is 7.86. The molecule has 3 amide bonds. The zero-order valence-electron chi connectivity index (χ0n) is 20.0. The fraction of sp³-hybridized carbons (Fsp3) is 0.440. The Bertz CT molecular complexity index is 1160. The summed E-state index contributed by atoms with van der Waals surface area (Å²) in [5, 5.41) is 11.9. The number of piperidine rings is 1. The Morgan fingerprint density at radius 1 is 1.15 bits per heavy atom. The lowest BCUT2D eigenvalue weighted by Gasteiger charge is -2.32. The molecular formula is C25H33N7O2. The normalized spacial score (nSPS) is 15.3. The summed E-state index contributed by atoms with van der Waals surface area (Å²) in [4.78, 5) is 31.1. The van der Waals surface area contributed by atoms with E-state index in [1.807, 2.05) is 18.5 Å². The third kappa shape index (κ3) is 4.83. The number of nitrogens with zero attached hydrogens (tertiary/aromatic N) is 4. The maximum absolute atomic E-state index is 13.4. The molecule has 1 saturated heterocycles. The molecule has 4 N–H and O–H groups in total. The van der Waals surface area contributed by atoms with Crippen molar-refractivity contribution in [2.45, 2.75) is 58.7 Å². The van der Waals surface area contributed by atoms with Gasteiger partial charge in [-0.1, -0.05) is 31.2 Å². The number of aryl methyl sites for hydroxylation is 2. The molecule has 4 rings (SSSR count). The van der Waals surface area contributed by atoms with Crippen molar-refractivity contribution in [3.05, 3.63) is 53.3 Å². The van der Waals surface area contributed by atoms with Gasteiger partial charge in [0.05, 0.1) is 28.9 Å². The van der Waals surface area contributed by atoms with Crippen molar-refractivity contribution in [1.29, 1.82) is 0 Å². The highest BCUT2D eigenvalue weighted by Crippen LogP contribution is 2.29. The first-order valence-electron chi connectivity index (χ1n) is 12.0. The van der Waals surface area contributed by atoms with E-state index in [-0.39, 0.29) is 18.0 Å². The number of benzene rings is 1. The summed E-state index contributed by atoms with van der Waals surface area (Å²) in [6.07, 6.45) is 5.85. The van der Waals surface area contributed by atoms with Gasteiger partial charge >= 0.3 is 6.03 Å². The van der Waals surface area contributed by atoms with Crippen LogP contribution in [0.3, 0.4) is 0 Å². The summed E-state index contributed by atoms with van der Waals surface area (Å²) in [6.45, 7) is 7.96. The first-order valence-corrected chi connectivity index (χ1v) is 12.0. The van der Waals surface area contributed by atoms with Crippen LogP contribution < -0.4 is 16.4 Å². The Hall–Kier alpha value is -3.62. The molecule has 3 heterocycles. The average Bonchev–Trinajstić information content (AvgIpc) is 3.28. The molecule has 0 spiro atoms. The molecular weight excluding hydrogens is 430 g/mol. The standard InChI is InChI=1S/C25H33N7O2/c1-4-17-6-8-18(9-7-17)16(3)29-24(33)21-14-27-23-20(15-28-32(23)5-2)22(21)30-19-10-12-31(13-11-19)25(26)34/h6-9,14-16,19H,4-5,10-13H2,1-3H3,(H2,26,34)(H,27,30)(H,29,33)/t16-/m1/s1. The van der Waals surface area contributed by atoms with Crippen LogP contribution in [0.1, 0.15) is 61.1 Å². The number of carbonyl (C=O) groups excluding carboxylic acids is 2. The number of hydrogen-bond acceptors (Lipinski definition) is 5. The fourth-order valence-corrected chi connectivity index (χ4v) is 4.43. The molecule has 1 atom stereocenters. The maximum Gasteiger partial charge on any atom is 0.314 e. The summed E-state index contributed by atoms with van der Waals surface area (Å²) >= 11 is 0. The van der Waals surface area contributed by atoms with Gasteiger partial charge in [0.2, 0.25) is 0 Å². The van der Waals surface area contributed by atoms with Gasteiger partial charge in [0.15, 0.2) is 5.65 Å². The Labute approximate surface area is 199 Å². The summed E-state index contributed by atoms with van der Waals surface area (Å²) in [7, 11) is 0. The highest BCUT2D eigenvalue weighted by atomic mass is 16.2. The van der Waals surface area contributed by atoms with E-state index >= 15 is 0 Å². The number of nitrogens with two attached hydrogens (primary N) is 1. The van der Waals surface area contributed by atoms with Crippen LogP contribution in [0.25, 0.3) is 11.0 Å². The Balaban J connectivity index is 1.59. The van der Waals surface area contributed by atoms with Gasteiger partial charge in [-0.15, -0.1) is 0 Å². The predicted molar refractivity (Wildman–Crippen MR) is 133 cm³/mol. The van der Waals surface area contributed by atoms with Gasteiger partial charge in [-0.25, -0.2) is 14.5 Å². The van der Waals surface area contributed by atoms with E-state index in [2.05, 4.69) is 51.9 Å². The molecule has 9 nitrogen and oxygen atoms in total. The molecule has 0 bridgehead atoms. The van der Waals surface area contributed by atoms with Gasteiger partial charge in [0, 0.05) is 31.9 Å². The Morgan fingerprint density at radius 2 is 1.85 bits per heavy atom. The first kappa shape index (κ1) is 23.5. The molecule has 0 radical (unpaired) electrons. The first-order chi connectivity index (χ1) is 16.4. The van der Waals surface area contributed by atoms with Gasteiger partial charge < -0.3 is 21.3 Å². The van der Waals surface area contributed by atoms with Crippen molar-refractivity contribution in [3.63, 3.8) is 0 Å². The van der Waals surface area contributed by atoms with Gasteiger partial charge in [-0.2, -0.15) is 5.10 Å². The lowest BCUT2D eigenvalue weighted by atomic mass is 10.0. The largest absolute Gasteiger partial charge is 0.381 e. The predicted octanol–water partition coefficient (Wildman–Crippen LogP) is 3.46. The lowest BCUT2D eigenvalue weighted by molar-refractivity contribution is 0.0940. The van der Waals surface area contributed by atoms with Crippen molar-refractivity contribution in [2.24, 2.45) is 5.73 Å². The van der Waals surface area contributed by atoms with E-state index in [4.69, 9.17) is 5.73 Å². The molecule has 2 aromatic heterocycles. The van der Waals surface area contributed by atoms with Gasteiger partial charge in [-0.05, 0) is 44.2 Å². The minimum Gasteiger partial charge on any atom is -0.381 e. The van der Waals surface area contributed by atoms with E-state index in [0.29, 0.717) is 25.2 Å². The number of likely N-dealkylation sites (tertiary alicyclic amines) is 1. The number of anilines is 1. The van der Waals surface area contributed by atoms with Crippen molar-refractivity contribution in [2.75, 3.05) is 18.4 Å². The molecule has 1 aliphatic rings. The lowest BCUT2D eigenvalue weighted by Crippen LogP contribution is -2.45. The molecule has 34 heavy (non-hydrogen) atoms. The van der Waals surface area contributed by atoms with Gasteiger partial charge in [0.25, 0.3) is 5.91 Å². The molecule has 1 aliphatic heterocycles. The summed E-state index contributed by atoms with van der Waals surface area (Å²) in [5.41, 5.74) is 9.69. The Kier molecular flexibility index (Phi) is 7.00. The third-order valence-electron chi connectivity index (χ3n) is 6.60. The number of nitrogens with one attached hydrogen (secondary N) is 2. The van der Waals surface area contributed by atoms with Crippen LogP contribution in [0.4, 0.5) is 10.5 Å². The monoisotopic (exact) mass is 463 g/mol. The molecule has 180 valence electrons. The highest BCUT2D eigenvalue weighted by Gasteiger charge is 2.25. The van der Waals surface area contributed by atoms with Crippen LogP contribution in [0.2, 0.25) is 0 Å². The smallest absolute Gasteiger partial charge is 0.314 e. The van der Waals surface area contributed by atoms with Gasteiger partial charge in [-0.3, -0.25) is 4.79 Å². The van der Waals surface area contributed by atoms with Crippen LogP contribution in [-0.4, -0.2) is 50.7 Å². The number of fused-ring (bicyclic) bond motifs is 1. The molecule has 1 aromatic carbocycles. The van der Waals surface area contributed by atoms with Crippen LogP contribution in [0, 0.1) is 0 Å². The molecule has 1 fully saturated rings. The maximum atomic E-state index is 13.4. The zero-order valence-corrected chi connectivity index (χ0v) is 20.0. The number of pyridine rings is 1. The third-order valence-corrected chi connectivity index (χ3v) is 6.60. The molecule has 0 aliphatic carbocycles. The van der Waals surface area contributed by atoms with Crippen molar-refractivity contribution >= 4 is 28.7 Å². The topological polar surface area (TPSA) is 118 Å². The molecule has 0 unspecified atom stereocenters. The average molecular weight is 464 g/mol. The number of carbonyl (C=O) groups is 2. The highest BCUT2D eigenvalue weighted by molar-refractivity contribution is 6.06. The minimum absolute atomic E-state index is 0.108. The number of amides is 3. The van der Waals surface area contributed by atoms with Crippen LogP contribution in [0.15, 0.2) is 36.7 Å². The number of rotatable bonds is 7. The summed E-state index contributed by atoms with van der Waals surface area (Å²) in [5.74, 6) is -0.192. The van der Waals surface area contributed by atoms with Crippen molar-refractivity contribution < 1.29 is 9.59 Å². The Morgan fingerprint density at radius 3 is 2.47 bits per heavy atom. The van der Waals surface area contributed by atoms with E-state index < -0.39 is 6.03 Å².